The van der Waals surface area contributed by atoms with Crippen molar-refractivity contribution in [3.05, 3.63) is 36.7 Å². The fraction of sp³-hybridized carbons (Fsp3) is 0.455. The fourth-order valence-corrected chi connectivity index (χ4v) is 6.45. The highest BCUT2D eigenvalue weighted by molar-refractivity contribution is 8.09. The van der Waals surface area contributed by atoms with E-state index in [1.54, 1.807) is 44.2 Å². The number of hydrogen-bond acceptors (Lipinski definition) is 12. The molecule has 0 aliphatic carbocycles. The summed E-state index contributed by atoms with van der Waals surface area (Å²) in [4.78, 5) is 24.4. The summed E-state index contributed by atoms with van der Waals surface area (Å²) in [6, 6.07) is 7.62. The van der Waals surface area contributed by atoms with E-state index in [0.717, 1.165) is 4.57 Å². The first kappa shape index (κ1) is 29.3. The number of rotatable bonds is 10. The molecule has 6 atom stereocenters. The van der Waals surface area contributed by atoms with Crippen molar-refractivity contribution in [3.63, 3.8) is 0 Å². The number of aromatic nitrogens is 4. The number of nitrogens with one attached hydrogen (secondary N) is 1. The Kier molecular flexibility index (Phi) is 8.61. The molecule has 0 radical (unpaired) electrons. The van der Waals surface area contributed by atoms with Gasteiger partial charge in [0.2, 0.25) is 5.95 Å². The van der Waals surface area contributed by atoms with Crippen molar-refractivity contribution < 1.29 is 32.8 Å². The minimum absolute atomic E-state index is 0.0244. The number of nitrogens with zero attached hydrogens (tertiary/aromatic N) is 4. The first-order chi connectivity index (χ1) is 18.3. The van der Waals surface area contributed by atoms with Crippen LogP contribution in [0, 0.1) is 0 Å². The van der Waals surface area contributed by atoms with Gasteiger partial charge in [-0.1, -0.05) is 29.8 Å². The highest BCUT2D eigenvalue weighted by Crippen LogP contribution is 2.49. The number of aliphatic hydroxyl groups is 1. The van der Waals surface area contributed by atoms with Crippen LogP contribution in [0.15, 0.2) is 36.7 Å². The van der Waals surface area contributed by atoms with Crippen LogP contribution in [-0.4, -0.2) is 66.7 Å². The largest absolute Gasteiger partial charge is 0.462 e. The molecule has 13 nitrogen and oxygen atoms in total. The lowest BCUT2D eigenvalue weighted by Gasteiger charge is -2.28. The van der Waals surface area contributed by atoms with Crippen molar-refractivity contribution in [2.24, 2.45) is 0 Å². The average Bonchev–Trinajstić information content (AvgIpc) is 3.36. The summed E-state index contributed by atoms with van der Waals surface area (Å²) in [7, 11) is 0. The zero-order valence-corrected chi connectivity index (χ0v) is 23.6. The monoisotopic (exact) mass is 603 g/mol. The van der Waals surface area contributed by atoms with E-state index >= 15 is 4.39 Å². The normalized spacial score (nSPS) is 25.5. The van der Waals surface area contributed by atoms with Crippen molar-refractivity contribution in [1.29, 1.82) is 0 Å². The Labute approximate surface area is 233 Å². The van der Waals surface area contributed by atoms with Crippen molar-refractivity contribution in [1.82, 2.24) is 24.6 Å². The molecular formula is C22H28ClFN7O6PS. The van der Waals surface area contributed by atoms with Gasteiger partial charge in [-0.3, -0.25) is 9.36 Å². The van der Waals surface area contributed by atoms with Gasteiger partial charge >= 0.3 is 12.6 Å². The summed E-state index contributed by atoms with van der Waals surface area (Å²) in [5, 5.41) is 10.8. The number of esters is 1. The van der Waals surface area contributed by atoms with Gasteiger partial charge in [0, 0.05) is 0 Å². The van der Waals surface area contributed by atoms with E-state index in [4.69, 9.17) is 53.4 Å². The van der Waals surface area contributed by atoms with Crippen molar-refractivity contribution >= 4 is 58.9 Å². The number of para-hydroxylation sites is 1. The lowest BCUT2D eigenvalue weighted by molar-refractivity contribution is -0.149. The van der Waals surface area contributed by atoms with Crippen LogP contribution in [0.3, 0.4) is 0 Å². The summed E-state index contributed by atoms with van der Waals surface area (Å²) in [6.07, 6.45) is -3.94. The standard InChI is InChI=1S/C22H28ClFN7O6PS/c1-11(2)35-19(33)12(3)30-38(39,37-13-7-5-4-6-8-13)34-9-14-16(32)22(23,24)20(36-14)31-10-27-15-17(25)28-21(26)29-18(15)31/h4-8,10-12,14,16,20,32H,9H2,1-3H3,(H,30,39)(H4,25,26,28,29)/t12-,14-,16-,20-,22-,38-/m1/s1. The average molecular weight is 604 g/mol. The molecule has 6 N–H and O–H groups in total. The van der Waals surface area contributed by atoms with Crippen LogP contribution in [0.1, 0.15) is 27.0 Å². The molecule has 3 aromatic rings. The van der Waals surface area contributed by atoms with Crippen LogP contribution in [0.4, 0.5) is 16.2 Å². The number of carbonyl (C=O) groups is 1. The smallest absolute Gasteiger partial charge is 0.323 e. The molecule has 3 heterocycles. The molecule has 1 aromatic carbocycles. The van der Waals surface area contributed by atoms with Gasteiger partial charge in [0.25, 0.3) is 5.13 Å². The second-order valence-electron chi connectivity index (χ2n) is 8.97. The maximum absolute atomic E-state index is 15.7. The van der Waals surface area contributed by atoms with Crippen molar-refractivity contribution in [2.45, 2.75) is 56.5 Å². The number of nitrogens with two attached hydrogens (primary N) is 2. The number of benzene rings is 1. The molecule has 0 spiro atoms. The van der Waals surface area contributed by atoms with E-state index in [-0.39, 0.29) is 29.0 Å². The number of nitrogen functional groups attached to an aromatic ring is 2. The van der Waals surface area contributed by atoms with E-state index in [9.17, 15) is 9.90 Å². The lowest BCUT2D eigenvalue weighted by atomic mass is 10.1. The van der Waals surface area contributed by atoms with E-state index in [1.807, 2.05) is 0 Å². The predicted octanol–water partition coefficient (Wildman–Crippen LogP) is 2.40. The molecule has 0 amide bonds. The lowest BCUT2D eigenvalue weighted by Crippen LogP contribution is -2.40. The zero-order chi connectivity index (χ0) is 28.5. The summed E-state index contributed by atoms with van der Waals surface area (Å²) in [6.45, 7) is 1.01. The van der Waals surface area contributed by atoms with E-state index in [2.05, 4.69) is 20.0 Å². The molecule has 212 valence electrons. The number of fused-ring (bicyclic) bond motifs is 1. The van der Waals surface area contributed by atoms with Gasteiger partial charge in [-0.2, -0.15) is 9.97 Å². The van der Waals surface area contributed by atoms with Crippen LogP contribution in [0.25, 0.3) is 11.2 Å². The van der Waals surface area contributed by atoms with Crippen molar-refractivity contribution in [3.8, 4) is 5.75 Å². The summed E-state index contributed by atoms with van der Waals surface area (Å²) >= 11 is 11.8. The minimum atomic E-state index is -3.49. The molecule has 0 saturated carbocycles. The van der Waals surface area contributed by atoms with E-state index in [1.165, 1.54) is 13.3 Å². The highest BCUT2D eigenvalue weighted by atomic mass is 35.5. The molecule has 0 bridgehead atoms. The maximum atomic E-state index is 15.7. The Hall–Kier alpha value is -2.65. The number of anilines is 2. The number of hydrogen-bond donors (Lipinski definition) is 4. The molecule has 0 unspecified atom stereocenters. The zero-order valence-electron chi connectivity index (χ0n) is 21.1. The number of halogens is 2. The van der Waals surface area contributed by atoms with Crippen LogP contribution >= 0.6 is 18.2 Å². The van der Waals surface area contributed by atoms with E-state index < -0.39 is 48.8 Å². The van der Waals surface area contributed by atoms with Crippen LogP contribution in [0.2, 0.25) is 0 Å². The van der Waals surface area contributed by atoms with Gasteiger partial charge in [-0.15, -0.1) is 0 Å². The SMILES string of the molecule is CC(C)OC(=O)[C@@H](C)N[P@@](=S)(OC[C@H]1O[C@@H](n2cnc3c(N)nc(N)nc32)[C@@](F)(Cl)[C@@H]1O)Oc1ccccc1. The Morgan fingerprint density at radius 1 is 1.33 bits per heavy atom. The Morgan fingerprint density at radius 3 is 2.69 bits per heavy atom. The number of imidazole rings is 1. The third kappa shape index (κ3) is 6.40. The molecule has 1 aliphatic rings. The summed E-state index contributed by atoms with van der Waals surface area (Å²) < 4.78 is 39.6. The molecule has 39 heavy (non-hydrogen) atoms. The highest BCUT2D eigenvalue weighted by Gasteiger charge is 2.58. The van der Waals surface area contributed by atoms with Crippen molar-refractivity contribution in [2.75, 3.05) is 18.1 Å². The third-order valence-corrected chi connectivity index (χ3v) is 8.44. The van der Waals surface area contributed by atoms with Crippen LogP contribution in [-0.2, 0) is 30.6 Å². The quantitative estimate of drug-likeness (QED) is 0.151. The van der Waals surface area contributed by atoms with Crippen LogP contribution in [0.5, 0.6) is 5.75 Å². The molecule has 1 aliphatic heterocycles. The van der Waals surface area contributed by atoms with Gasteiger partial charge in [0.05, 0.1) is 19.0 Å². The topological polar surface area (TPSA) is 182 Å². The molecular weight excluding hydrogens is 576 g/mol. The first-order valence-electron chi connectivity index (χ1n) is 11.7. The van der Waals surface area contributed by atoms with Gasteiger partial charge in [-0.25, -0.2) is 14.5 Å². The number of ether oxygens (including phenoxy) is 2. The number of carbonyl (C=O) groups excluding carboxylic acids is 1. The Balaban J connectivity index is 1.55. The van der Waals surface area contributed by atoms with Gasteiger partial charge in [0.15, 0.2) is 17.7 Å². The number of alkyl halides is 2. The van der Waals surface area contributed by atoms with Gasteiger partial charge in [0.1, 0.15) is 29.5 Å². The second kappa shape index (κ2) is 11.5. The summed E-state index contributed by atoms with van der Waals surface area (Å²) in [5.74, 6) is -0.411. The number of aliphatic hydroxyl groups excluding tert-OH is 1. The third-order valence-electron chi connectivity index (χ3n) is 5.53. The van der Waals surface area contributed by atoms with Gasteiger partial charge in [-0.05, 0) is 44.7 Å². The van der Waals surface area contributed by atoms with Crippen LogP contribution < -0.4 is 21.1 Å². The predicted molar refractivity (Wildman–Crippen MR) is 145 cm³/mol. The fourth-order valence-electron chi connectivity index (χ4n) is 3.74. The first-order valence-corrected chi connectivity index (χ1v) is 14.8. The Bertz CT molecular complexity index is 1380. The van der Waals surface area contributed by atoms with Gasteiger partial charge < -0.3 is 35.1 Å². The minimum Gasteiger partial charge on any atom is -0.462 e. The van der Waals surface area contributed by atoms with E-state index in [0.29, 0.717) is 5.75 Å². The molecule has 1 fully saturated rings. The molecule has 4 rings (SSSR count). The summed E-state index contributed by atoms with van der Waals surface area (Å²) in [5.41, 5.74) is 11.7. The second-order valence-corrected chi connectivity index (χ2v) is 12.7. The molecule has 1 saturated heterocycles. The molecule has 2 aromatic heterocycles. The molecule has 17 heteroatoms. The Morgan fingerprint density at radius 2 is 2.03 bits per heavy atom. The maximum Gasteiger partial charge on any atom is 0.323 e.